The Balaban J connectivity index is 0.662. The molecular weight excluding hydrogens is 1520 g/mol. The van der Waals surface area contributed by atoms with Gasteiger partial charge in [-0.1, -0.05) is 126 Å². The summed E-state index contributed by atoms with van der Waals surface area (Å²) in [4.78, 5) is 72.2. The van der Waals surface area contributed by atoms with E-state index in [1.165, 1.54) is 35.0 Å². The fraction of sp³-hybridized carbons (Fsp3) is 0.524. The van der Waals surface area contributed by atoms with Crippen LogP contribution >= 0.6 is 34.7 Å². The number of amides is 4. The van der Waals surface area contributed by atoms with Crippen LogP contribution in [0.1, 0.15) is 145 Å². The monoisotopic (exact) mass is 1630 g/mol. The van der Waals surface area contributed by atoms with Crippen molar-refractivity contribution in [1.82, 2.24) is 44.8 Å². The van der Waals surface area contributed by atoms with Crippen LogP contribution < -0.4 is 25.6 Å². The van der Waals surface area contributed by atoms with Crippen LogP contribution in [-0.2, 0) is 34.2 Å². The number of allylic oxidation sites excluding steroid dienone is 1. The van der Waals surface area contributed by atoms with Crippen molar-refractivity contribution in [2.24, 2.45) is 10.8 Å². The summed E-state index contributed by atoms with van der Waals surface area (Å²) in [6, 6.07) is 31.8. The average Bonchev–Trinajstić information content (AvgIpc) is 1.35. The largest absolute Gasteiger partial charge is 0.501 e. The highest BCUT2D eigenvalue weighted by molar-refractivity contribution is 7.99. The highest BCUT2D eigenvalue weighted by atomic mass is 35.5. The van der Waals surface area contributed by atoms with Gasteiger partial charge in [0.05, 0.1) is 51.5 Å². The zero-order chi connectivity index (χ0) is 79.8. The van der Waals surface area contributed by atoms with E-state index in [4.69, 9.17) is 11.6 Å². The first-order valence-corrected chi connectivity index (χ1v) is 43.9. The van der Waals surface area contributed by atoms with E-state index in [0.29, 0.717) is 82.0 Å². The Labute approximate surface area is 666 Å². The van der Waals surface area contributed by atoms with Crippen molar-refractivity contribution in [1.29, 1.82) is 0 Å². The molecular formula is C82H109ClF3N11O10S4. The number of anilines is 2. The van der Waals surface area contributed by atoms with Gasteiger partial charge >= 0.3 is 5.51 Å². The molecule has 4 aliphatic rings. The first kappa shape index (κ1) is 86.4. The normalized spacial score (nSPS) is 19.3. The Bertz CT molecular complexity index is 4370. The molecule has 6 aromatic rings. The first-order chi connectivity index (χ1) is 52.8. The zero-order valence-electron chi connectivity index (χ0n) is 64.7. The lowest BCUT2D eigenvalue weighted by Crippen LogP contribution is -2.56. The van der Waals surface area contributed by atoms with Crippen molar-refractivity contribution >= 4 is 95.1 Å². The number of nitrogens with one attached hydrogen (secondary N) is 4. The van der Waals surface area contributed by atoms with Gasteiger partial charge < -0.3 is 45.8 Å². The van der Waals surface area contributed by atoms with Gasteiger partial charge in [0.1, 0.15) is 10.9 Å². The number of thiazole rings is 1. The van der Waals surface area contributed by atoms with Crippen molar-refractivity contribution < 1.29 is 59.4 Å². The number of unbranched alkanes of at least 4 members (excludes halogenated alkanes) is 4. The number of hydrogen-bond acceptors (Lipinski definition) is 19. The molecule has 4 heterocycles. The number of hydrogen-bond donors (Lipinski definition) is 6. The second kappa shape index (κ2) is 38.9. The fourth-order valence-electron chi connectivity index (χ4n) is 15.4. The molecule has 4 amide bonds. The van der Waals surface area contributed by atoms with Gasteiger partial charge in [-0.05, 0) is 165 Å². The minimum atomic E-state index is -6.13. The van der Waals surface area contributed by atoms with E-state index in [0.717, 1.165) is 141 Å². The number of sulfonamides is 1. The van der Waals surface area contributed by atoms with Gasteiger partial charge in [0, 0.05) is 131 Å². The highest BCUT2D eigenvalue weighted by Gasteiger charge is 2.49. The number of aryl methyl sites for hydroxylation is 1. The number of halogens is 4. The van der Waals surface area contributed by atoms with E-state index in [1.807, 2.05) is 128 Å². The van der Waals surface area contributed by atoms with Crippen LogP contribution in [0.5, 0.6) is 0 Å². The minimum Gasteiger partial charge on any atom is -0.395 e. The van der Waals surface area contributed by atoms with Crippen molar-refractivity contribution in [3.63, 3.8) is 0 Å². The molecule has 5 aromatic carbocycles. The molecule has 6 atom stereocenters. The molecule has 3 aliphatic heterocycles. The van der Waals surface area contributed by atoms with Gasteiger partial charge in [0.2, 0.25) is 17.7 Å². The summed E-state index contributed by atoms with van der Waals surface area (Å²) in [6.07, 6.45) is 7.51. The van der Waals surface area contributed by atoms with Crippen molar-refractivity contribution in [2.45, 2.75) is 170 Å². The van der Waals surface area contributed by atoms with E-state index in [2.05, 4.69) is 54.7 Å². The van der Waals surface area contributed by atoms with Gasteiger partial charge in [-0.2, -0.15) is 13.2 Å². The number of carbonyl (C=O) groups excluding carboxylic acids is 4. The van der Waals surface area contributed by atoms with E-state index < -0.39 is 76.4 Å². The molecule has 0 spiro atoms. The van der Waals surface area contributed by atoms with Crippen molar-refractivity contribution in [2.75, 3.05) is 121 Å². The number of β-amino-alcohol motifs (C(OH)–C–C–N with tert-alkyl or cyclic N) is 1. The maximum atomic E-state index is 14.4. The van der Waals surface area contributed by atoms with E-state index in [-0.39, 0.29) is 54.3 Å². The van der Waals surface area contributed by atoms with Crippen molar-refractivity contribution in [3.05, 3.63) is 160 Å². The maximum Gasteiger partial charge on any atom is 0.501 e. The fourth-order valence-corrected chi connectivity index (χ4v) is 19.4. The number of rotatable bonds is 35. The van der Waals surface area contributed by atoms with Gasteiger partial charge in [0.15, 0.2) is 0 Å². The third-order valence-corrected chi connectivity index (χ3v) is 27.1. The van der Waals surface area contributed by atoms with Gasteiger partial charge in [-0.25, -0.2) is 26.5 Å². The van der Waals surface area contributed by atoms with Gasteiger partial charge in [0.25, 0.3) is 25.8 Å². The third kappa shape index (κ3) is 23.4. The molecule has 0 radical (unpaired) electrons. The first-order valence-electron chi connectivity index (χ1n) is 38.7. The SMILES string of the molecule is CCN(CCO)CC[C@H](CSc1ccccc1)Nc1ccc(S(=O)(=O)NC(=O)c2ccc(N3CCN(CC4=C(c5ccc(Cl)cc5)CCC(C)(CN5CCN(C(=O)CCCCCCCN[C@H](C(=O)N6C[C@H](O)C[C@H]6C(=O)N[C@@H](C)c6ccc(-c7scnc7C)cc6)C(C)(C)C)CC5)C4)CC3)cc2)cc1S(=O)(=O)C(F)(F)F. The number of alkyl halides is 3. The minimum absolute atomic E-state index is 0.00939. The predicted octanol–water partition coefficient (Wildman–Crippen LogP) is 12.6. The Kier molecular flexibility index (Phi) is 30.3. The Morgan fingerprint density at radius 3 is 2.14 bits per heavy atom. The van der Waals surface area contributed by atoms with Crippen LogP contribution in [0.2, 0.25) is 5.02 Å². The quantitative estimate of drug-likeness (QED) is 0.0160. The number of aliphatic hydroxyl groups is 2. The van der Waals surface area contributed by atoms with Crippen LogP contribution in [0.3, 0.4) is 0 Å². The number of likely N-dealkylation sites (N-methyl/N-ethyl adjacent to an activating group) is 1. The van der Waals surface area contributed by atoms with Crippen LogP contribution in [-0.4, -0.2) is 220 Å². The molecule has 111 heavy (non-hydrogen) atoms. The summed E-state index contributed by atoms with van der Waals surface area (Å²) < 4.78 is 99.2. The summed E-state index contributed by atoms with van der Waals surface area (Å²) in [5.74, 6) is -1.05. The lowest BCUT2D eigenvalue weighted by molar-refractivity contribution is -0.142. The lowest BCUT2D eigenvalue weighted by Gasteiger charge is -2.44. The van der Waals surface area contributed by atoms with Gasteiger partial charge in [-0.15, -0.1) is 23.1 Å². The second-order valence-electron chi connectivity index (χ2n) is 31.3. The van der Waals surface area contributed by atoms with Crippen LogP contribution in [0, 0.1) is 17.8 Å². The molecule has 604 valence electrons. The van der Waals surface area contributed by atoms with Crippen LogP contribution in [0.4, 0.5) is 24.5 Å². The summed E-state index contributed by atoms with van der Waals surface area (Å²) in [5.41, 5.74) is 2.73. The summed E-state index contributed by atoms with van der Waals surface area (Å²) in [6.45, 7) is 23.6. The number of sulfone groups is 1. The second-order valence-corrected chi connectivity index (χ2v) is 37.3. The third-order valence-electron chi connectivity index (χ3n) is 21.8. The number of carbonyl (C=O) groups is 4. The van der Waals surface area contributed by atoms with Crippen LogP contribution in [0.25, 0.3) is 16.0 Å². The lowest BCUT2D eigenvalue weighted by atomic mass is 9.71. The highest BCUT2D eigenvalue weighted by Crippen LogP contribution is 2.45. The Morgan fingerprint density at radius 2 is 1.49 bits per heavy atom. The molecule has 3 saturated heterocycles. The van der Waals surface area contributed by atoms with E-state index in [9.17, 15) is 59.4 Å². The zero-order valence-corrected chi connectivity index (χ0v) is 68.8. The number of benzene rings is 5. The molecule has 1 aromatic heterocycles. The summed E-state index contributed by atoms with van der Waals surface area (Å²) in [5, 5.41) is 30.6. The maximum absolute atomic E-state index is 14.4. The van der Waals surface area contributed by atoms with E-state index in [1.54, 1.807) is 28.4 Å². The Morgan fingerprint density at radius 1 is 0.820 bits per heavy atom. The number of nitrogens with zero attached hydrogens (tertiary/aromatic N) is 7. The van der Waals surface area contributed by atoms with Crippen LogP contribution in [0.15, 0.2) is 147 Å². The number of thioether (sulfide) groups is 1. The number of piperazine rings is 2. The predicted molar refractivity (Wildman–Crippen MR) is 435 cm³/mol. The van der Waals surface area contributed by atoms with E-state index >= 15 is 0 Å². The topological polar surface area (TPSA) is 257 Å². The molecule has 1 unspecified atom stereocenters. The summed E-state index contributed by atoms with van der Waals surface area (Å²) in [7, 11) is -11.1. The molecule has 0 saturated carbocycles. The molecule has 6 N–H and O–H groups in total. The molecule has 29 heteroatoms. The molecule has 0 bridgehead atoms. The molecule has 10 rings (SSSR count). The molecule has 1 aliphatic carbocycles. The van der Waals surface area contributed by atoms with Crippen molar-refractivity contribution in [3.8, 4) is 10.4 Å². The Hall–Kier alpha value is -6.96. The smallest absolute Gasteiger partial charge is 0.395 e. The molecule has 21 nitrogen and oxygen atoms in total. The average molecular weight is 1630 g/mol. The number of likely N-dealkylation sites (tertiary alicyclic amines) is 1. The number of aliphatic hydroxyl groups excluding tert-OH is 2. The number of aromatic nitrogens is 1. The standard InChI is InChI=1S/C82H109ClF3N11O10S4/c1-8-92(47-48-98)38-35-65(54-108-68-17-13-12-14-18-68)90-71-33-32-69(50-73(71)110(104,105)82(84,85)86)111(106,107)91-77(101)62-26-30-66(31-27-62)95-43-39-93(40-44-95)52-63-51-81(7,36-34-70(63)60-24-28-64(83)29-25-60)55-94-41-45-96(46-42-94)74(100)19-15-10-9-11-16-37-87-76(80(4,5)6)79(103)97-53-67(99)49-72(97)78(102)89-57(2)59-20-22-61(23-21-59)75-58(3)88-56-109-75/h12-14,17-18,20-33,50,56-57,65,67,72,76,87,90,98-99H,8-11,15-16,19,34-49,51-55H2,1-7H3,(H,89,102)(H,91,101)/t57-,65+,67+,72-,76+,81?/m0/s1. The van der Waals surface area contributed by atoms with Gasteiger partial charge in [-0.3, -0.25) is 29.0 Å². The summed E-state index contributed by atoms with van der Waals surface area (Å²) >= 11 is 9.39. The molecule has 3 fully saturated rings.